The number of ether oxygens (including phenoxy) is 1. The van der Waals surface area contributed by atoms with Crippen molar-refractivity contribution in [1.82, 2.24) is 9.80 Å². The Morgan fingerprint density at radius 3 is 2.61 bits per heavy atom. The average Bonchev–Trinajstić information content (AvgIpc) is 3.38. The van der Waals surface area contributed by atoms with Crippen LogP contribution in [0.3, 0.4) is 0 Å². The number of carbonyl (C=O) groups excluding carboxylic acids is 1. The molecule has 0 aromatic heterocycles. The van der Waals surface area contributed by atoms with Gasteiger partial charge in [0.25, 0.3) is 5.69 Å². The summed E-state index contributed by atoms with van der Waals surface area (Å²) in [5.74, 6) is 0.879. The van der Waals surface area contributed by atoms with E-state index in [1.54, 1.807) is 12.1 Å². The molecule has 0 unspecified atom stereocenters. The third-order valence-electron chi connectivity index (χ3n) is 7.14. The van der Waals surface area contributed by atoms with Crippen molar-refractivity contribution in [2.75, 3.05) is 50.8 Å². The van der Waals surface area contributed by atoms with Gasteiger partial charge in [-0.1, -0.05) is 18.2 Å². The first kappa shape index (κ1) is 21.7. The van der Waals surface area contributed by atoms with Gasteiger partial charge in [0.1, 0.15) is 12.4 Å². The molecule has 3 heterocycles. The van der Waals surface area contributed by atoms with Gasteiger partial charge in [-0.05, 0) is 43.0 Å². The molecule has 0 aliphatic carbocycles. The summed E-state index contributed by atoms with van der Waals surface area (Å²) in [6.45, 7) is 5.50. The van der Waals surface area contributed by atoms with Gasteiger partial charge in [0, 0.05) is 57.1 Å². The minimum atomic E-state index is -0.353. The molecule has 0 bridgehead atoms. The average molecular weight is 451 g/mol. The van der Waals surface area contributed by atoms with E-state index >= 15 is 0 Å². The lowest BCUT2D eigenvalue weighted by atomic mass is 9.83. The lowest BCUT2D eigenvalue weighted by Gasteiger charge is -2.49. The largest absolute Gasteiger partial charge is 0.492 e. The minimum Gasteiger partial charge on any atom is -0.492 e. The first-order valence-corrected chi connectivity index (χ1v) is 11.8. The van der Waals surface area contributed by atoms with E-state index in [1.807, 2.05) is 41.3 Å². The van der Waals surface area contributed by atoms with Crippen molar-refractivity contribution in [3.05, 3.63) is 64.2 Å². The van der Waals surface area contributed by atoms with Gasteiger partial charge in [-0.3, -0.25) is 19.8 Å². The number of anilines is 1. The minimum absolute atomic E-state index is 0.0672. The number of hydrogen-bond donors (Lipinski definition) is 0. The fraction of sp³-hybridized carbons (Fsp3) is 0.480. The van der Waals surface area contributed by atoms with Crippen molar-refractivity contribution in [3.8, 4) is 5.75 Å². The molecule has 0 saturated carbocycles. The molecule has 0 N–H and O–H groups in total. The highest BCUT2D eigenvalue weighted by Crippen LogP contribution is 2.38. The predicted octanol–water partition coefficient (Wildman–Crippen LogP) is 2.96. The Bertz CT molecular complexity index is 1010. The van der Waals surface area contributed by atoms with Gasteiger partial charge in [-0.2, -0.15) is 0 Å². The van der Waals surface area contributed by atoms with Gasteiger partial charge in [-0.15, -0.1) is 0 Å². The second-order valence-corrected chi connectivity index (χ2v) is 9.14. The Morgan fingerprint density at radius 2 is 1.85 bits per heavy atom. The van der Waals surface area contributed by atoms with E-state index in [-0.39, 0.29) is 28.5 Å². The highest BCUT2D eigenvalue weighted by Gasteiger charge is 2.43. The Balaban J connectivity index is 1.34. The van der Waals surface area contributed by atoms with Crippen LogP contribution in [0.5, 0.6) is 5.75 Å². The lowest BCUT2D eigenvalue weighted by molar-refractivity contribution is -0.384. The van der Waals surface area contributed by atoms with Crippen LogP contribution >= 0.6 is 0 Å². The number of carbonyl (C=O) groups is 1. The standard InChI is InChI=1S/C25H30N4O4/c30-25(27-10-4-5-11-27)22-17-19-16-20(29(31)32)8-9-23(19)28-13-12-26(18-24(22)28)14-15-33-21-6-2-1-3-7-21/h1-3,6-9,16,22,24H,4-5,10-15,17-18H2/t22-,24+/m0/s1. The highest BCUT2D eigenvalue weighted by molar-refractivity contribution is 5.82. The van der Waals surface area contributed by atoms with E-state index in [0.29, 0.717) is 13.0 Å². The van der Waals surface area contributed by atoms with E-state index in [2.05, 4.69) is 9.80 Å². The molecule has 0 radical (unpaired) electrons. The molecule has 2 aromatic rings. The van der Waals surface area contributed by atoms with Crippen molar-refractivity contribution in [2.45, 2.75) is 25.3 Å². The van der Waals surface area contributed by atoms with E-state index in [4.69, 9.17) is 4.74 Å². The van der Waals surface area contributed by atoms with Gasteiger partial charge in [0.05, 0.1) is 16.9 Å². The van der Waals surface area contributed by atoms with E-state index in [1.165, 1.54) is 0 Å². The Labute approximate surface area is 193 Å². The van der Waals surface area contributed by atoms with Crippen LogP contribution in [-0.2, 0) is 11.2 Å². The predicted molar refractivity (Wildman–Crippen MR) is 126 cm³/mol. The number of nitrogens with zero attached hydrogens (tertiary/aromatic N) is 4. The second-order valence-electron chi connectivity index (χ2n) is 9.14. The van der Waals surface area contributed by atoms with E-state index in [9.17, 15) is 14.9 Å². The number of hydrogen-bond acceptors (Lipinski definition) is 6. The van der Waals surface area contributed by atoms with Crippen molar-refractivity contribution < 1.29 is 14.5 Å². The number of likely N-dealkylation sites (tertiary alicyclic amines) is 1. The monoisotopic (exact) mass is 450 g/mol. The summed E-state index contributed by atoms with van der Waals surface area (Å²) in [6.07, 6.45) is 2.66. The summed E-state index contributed by atoms with van der Waals surface area (Å²) in [6, 6.07) is 15.0. The molecule has 3 aliphatic rings. The number of nitro benzene ring substituents is 1. The molecule has 2 fully saturated rings. The molecule has 8 nitrogen and oxygen atoms in total. The zero-order valence-corrected chi connectivity index (χ0v) is 18.8. The third-order valence-corrected chi connectivity index (χ3v) is 7.14. The van der Waals surface area contributed by atoms with Crippen molar-refractivity contribution >= 4 is 17.3 Å². The molecule has 3 aliphatic heterocycles. The zero-order valence-electron chi connectivity index (χ0n) is 18.8. The number of piperazine rings is 1. The van der Waals surface area contributed by atoms with Crippen LogP contribution < -0.4 is 9.64 Å². The van der Waals surface area contributed by atoms with Crippen molar-refractivity contribution in [2.24, 2.45) is 5.92 Å². The Morgan fingerprint density at radius 1 is 1.06 bits per heavy atom. The van der Waals surface area contributed by atoms with Crippen LogP contribution in [0.15, 0.2) is 48.5 Å². The molecule has 33 heavy (non-hydrogen) atoms. The Kier molecular flexibility index (Phi) is 6.17. The maximum Gasteiger partial charge on any atom is 0.269 e. The molecule has 174 valence electrons. The van der Waals surface area contributed by atoms with E-state index in [0.717, 1.165) is 69.1 Å². The smallest absolute Gasteiger partial charge is 0.269 e. The van der Waals surface area contributed by atoms with Gasteiger partial charge in [0.2, 0.25) is 5.91 Å². The number of nitro groups is 1. The summed E-state index contributed by atoms with van der Waals surface area (Å²) in [4.78, 5) is 31.2. The molecule has 5 rings (SSSR count). The summed E-state index contributed by atoms with van der Waals surface area (Å²) in [5, 5.41) is 11.3. The van der Waals surface area contributed by atoms with Gasteiger partial charge < -0.3 is 14.5 Å². The molecular formula is C25H30N4O4. The number of fused-ring (bicyclic) bond motifs is 3. The number of amides is 1. The SMILES string of the molecule is O=C([C@H]1Cc2cc([N+](=O)[O-])ccc2N2CCN(CCOc3ccccc3)C[C@H]12)N1CCCC1. The van der Waals surface area contributed by atoms with Gasteiger partial charge in [-0.25, -0.2) is 0 Å². The molecule has 1 amide bonds. The maximum atomic E-state index is 13.5. The summed E-state index contributed by atoms with van der Waals surface area (Å²) < 4.78 is 5.90. The number of rotatable bonds is 6. The van der Waals surface area contributed by atoms with Gasteiger partial charge >= 0.3 is 0 Å². The lowest BCUT2D eigenvalue weighted by Crippen LogP contribution is -2.61. The van der Waals surface area contributed by atoms with Crippen LogP contribution in [0.4, 0.5) is 11.4 Å². The fourth-order valence-electron chi connectivity index (χ4n) is 5.45. The molecule has 2 aromatic carbocycles. The molecule has 2 saturated heterocycles. The molecule has 0 spiro atoms. The molecule has 2 atom stereocenters. The van der Waals surface area contributed by atoms with Crippen molar-refractivity contribution in [3.63, 3.8) is 0 Å². The van der Waals surface area contributed by atoms with Gasteiger partial charge in [0.15, 0.2) is 0 Å². The van der Waals surface area contributed by atoms with Crippen LogP contribution in [0.25, 0.3) is 0 Å². The molecular weight excluding hydrogens is 420 g/mol. The first-order valence-electron chi connectivity index (χ1n) is 11.8. The quantitative estimate of drug-likeness (QED) is 0.497. The topological polar surface area (TPSA) is 79.2 Å². The second kappa shape index (κ2) is 9.39. The maximum absolute atomic E-state index is 13.5. The summed E-state index contributed by atoms with van der Waals surface area (Å²) >= 11 is 0. The van der Waals surface area contributed by atoms with Crippen LogP contribution in [-0.4, -0.2) is 72.5 Å². The van der Waals surface area contributed by atoms with E-state index < -0.39 is 0 Å². The third kappa shape index (κ3) is 4.53. The van der Waals surface area contributed by atoms with Crippen LogP contribution in [0.2, 0.25) is 0 Å². The van der Waals surface area contributed by atoms with Crippen LogP contribution in [0, 0.1) is 16.0 Å². The number of para-hydroxylation sites is 1. The summed E-state index contributed by atoms with van der Waals surface area (Å²) in [7, 11) is 0. The highest BCUT2D eigenvalue weighted by atomic mass is 16.6. The fourth-order valence-corrected chi connectivity index (χ4v) is 5.45. The number of non-ortho nitro benzene ring substituents is 1. The normalized spacial score (nSPS) is 22.5. The summed E-state index contributed by atoms with van der Waals surface area (Å²) in [5.41, 5.74) is 2.05. The van der Waals surface area contributed by atoms with Crippen LogP contribution in [0.1, 0.15) is 18.4 Å². The van der Waals surface area contributed by atoms with Crippen molar-refractivity contribution in [1.29, 1.82) is 0 Å². The first-order chi connectivity index (χ1) is 16.1. The number of benzene rings is 2. The zero-order chi connectivity index (χ0) is 22.8. The Hall–Kier alpha value is -3.13. The molecule has 8 heteroatoms.